The van der Waals surface area contributed by atoms with Crippen LogP contribution in [0.2, 0.25) is 0 Å². The van der Waals surface area contributed by atoms with Crippen molar-refractivity contribution >= 4 is 11.2 Å². The van der Waals surface area contributed by atoms with Gasteiger partial charge in [-0.05, 0) is 23.5 Å². The van der Waals surface area contributed by atoms with Crippen molar-refractivity contribution in [1.29, 1.82) is 0 Å². The fourth-order valence-electron chi connectivity index (χ4n) is 4.13. The van der Waals surface area contributed by atoms with Gasteiger partial charge >= 0.3 is 5.69 Å². The molecule has 4 rings (SSSR count). The van der Waals surface area contributed by atoms with Crippen LogP contribution >= 0.6 is 0 Å². The first-order valence-electron chi connectivity index (χ1n) is 10.9. The van der Waals surface area contributed by atoms with Crippen molar-refractivity contribution in [3.8, 4) is 11.4 Å². The average Bonchev–Trinajstić information content (AvgIpc) is 3.17. The number of benzene rings is 2. The van der Waals surface area contributed by atoms with Gasteiger partial charge in [-0.3, -0.25) is 13.9 Å². The third-order valence-corrected chi connectivity index (χ3v) is 5.78. The number of aromatic nitrogens is 4. The molecule has 0 fully saturated rings. The van der Waals surface area contributed by atoms with E-state index in [9.17, 15) is 14.7 Å². The molecule has 0 saturated heterocycles. The Labute approximate surface area is 186 Å². The van der Waals surface area contributed by atoms with E-state index in [-0.39, 0.29) is 24.6 Å². The number of aryl methyl sites for hydroxylation is 1. The van der Waals surface area contributed by atoms with Gasteiger partial charge in [0.05, 0.1) is 0 Å². The third kappa shape index (κ3) is 3.80. The van der Waals surface area contributed by atoms with Crippen molar-refractivity contribution < 1.29 is 5.11 Å². The summed E-state index contributed by atoms with van der Waals surface area (Å²) in [7, 11) is 1.64. The van der Waals surface area contributed by atoms with Crippen LogP contribution in [0.1, 0.15) is 37.3 Å². The molecule has 32 heavy (non-hydrogen) atoms. The van der Waals surface area contributed by atoms with Gasteiger partial charge < -0.3 is 9.67 Å². The Balaban J connectivity index is 2.07. The number of rotatable bonds is 7. The Morgan fingerprint density at radius 3 is 2.34 bits per heavy atom. The third-order valence-electron chi connectivity index (χ3n) is 5.78. The van der Waals surface area contributed by atoms with Gasteiger partial charge in [-0.1, -0.05) is 68.4 Å². The summed E-state index contributed by atoms with van der Waals surface area (Å²) in [6, 6.07) is 18.0. The minimum absolute atomic E-state index is 0.0933. The number of nitrogens with zero attached hydrogens (tertiary/aromatic N) is 4. The first kappa shape index (κ1) is 21.8. The highest BCUT2D eigenvalue weighted by molar-refractivity contribution is 5.78. The minimum atomic E-state index is -0.427. The molecule has 0 radical (unpaired) electrons. The summed E-state index contributed by atoms with van der Waals surface area (Å²) in [5, 5.41) is 9.23. The predicted molar refractivity (Wildman–Crippen MR) is 126 cm³/mol. The molecule has 2 heterocycles. The summed E-state index contributed by atoms with van der Waals surface area (Å²) in [5.41, 5.74) is 3.06. The summed E-state index contributed by atoms with van der Waals surface area (Å²) in [4.78, 5) is 31.2. The van der Waals surface area contributed by atoms with Crippen LogP contribution in [0, 0.1) is 0 Å². The van der Waals surface area contributed by atoms with Gasteiger partial charge in [-0.25, -0.2) is 9.78 Å². The van der Waals surface area contributed by atoms with Gasteiger partial charge in [-0.2, -0.15) is 0 Å². The van der Waals surface area contributed by atoms with Gasteiger partial charge in [0.15, 0.2) is 11.2 Å². The van der Waals surface area contributed by atoms with Gasteiger partial charge in [0.2, 0.25) is 0 Å². The van der Waals surface area contributed by atoms with Crippen LogP contribution in [-0.4, -0.2) is 30.4 Å². The lowest BCUT2D eigenvalue weighted by atomic mass is 9.97. The molecule has 4 aromatic rings. The van der Waals surface area contributed by atoms with E-state index < -0.39 is 5.69 Å². The molecule has 0 saturated carbocycles. The van der Waals surface area contributed by atoms with Gasteiger partial charge in [0, 0.05) is 32.3 Å². The van der Waals surface area contributed by atoms with Crippen molar-refractivity contribution in [3.63, 3.8) is 0 Å². The smallest absolute Gasteiger partial charge is 0.332 e. The zero-order chi connectivity index (χ0) is 22.8. The normalized spacial score (nSPS) is 11.5. The number of hydrogen-bond acceptors (Lipinski definition) is 4. The molecule has 0 aliphatic rings. The van der Waals surface area contributed by atoms with Crippen LogP contribution in [0.25, 0.3) is 22.6 Å². The van der Waals surface area contributed by atoms with Crippen molar-refractivity contribution in [2.45, 2.75) is 39.3 Å². The van der Waals surface area contributed by atoms with Gasteiger partial charge in [0.1, 0.15) is 5.82 Å². The topological polar surface area (TPSA) is 82.1 Å². The molecule has 2 aromatic carbocycles. The molecule has 1 N–H and O–H groups in total. The molecule has 0 amide bonds. The Hall–Kier alpha value is -3.45. The lowest BCUT2D eigenvalue weighted by Crippen LogP contribution is -2.39. The molecule has 2 aromatic heterocycles. The number of imidazole rings is 1. The van der Waals surface area contributed by atoms with E-state index in [0.717, 1.165) is 16.7 Å². The zero-order valence-electron chi connectivity index (χ0n) is 18.7. The molecule has 0 bridgehead atoms. The monoisotopic (exact) mass is 432 g/mol. The van der Waals surface area contributed by atoms with Gasteiger partial charge in [-0.15, -0.1) is 0 Å². The predicted octanol–water partition coefficient (Wildman–Crippen LogP) is 3.12. The number of aliphatic hydroxyl groups excluding tert-OH is 1. The molecule has 166 valence electrons. The molecular formula is C25H28N4O3. The molecule has 0 atom stereocenters. The van der Waals surface area contributed by atoms with Crippen LogP contribution in [-0.2, 0) is 20.1 Å². The van der Waals surface area contributed by atoms with Crippen molar-refractivity contribution in [1.82, 2.24) is 18.7 Å². The molecular weight excluding hydrogens is 404 g/mol. The maximum atomic E-state index is 13.5. The minimum Gasteiger partial charge on any atom is -0.396 e. The zero-order valence-corrected chi connectivity index (χ0v) is 18.7. The molecule has 7 nitrogen and oxygen atoms in total. The molecule has 0 aliphatic heterocycles. The Bertz CT molecular complexity index is 1360. The van der Waals surface area contributed by atoms with Crippen LogP contribution in [0.15, 0.2) is 64.2 Å². The first-order chi connectivity index (χ1) is 15.4. The van der Waals surface area contributed by atoms with E-state index in [0.29, 0.717) is 30.0 Å². The van der Waals surface area contributed by atoms with E-state index >= 15 is 0 Å². The molecule has 0 aliphatic carbocycles. The quantitative estimate of drug-likeness (QED) is 0.487. The lowest BCUT2D eigenvalue weighted by Gasteiger charge is -2.15. The van der Waals surface area contributed by atoms with Crippen LogP contribution in [0.3, 0.4) is 0 Å². The summed E-state index contributed by atoms with van der Waals surface area (Å²) in [5.74, 6) is 0.932. The largest absolute Gasteiger partial charge is 0.396 e. The van der Waals surface area contributed by atoms with Crippen molar-refractivity contribution in [2.24, 2.45) is 7.05 Å². The van der Waals surface area contributed by atoms with Crippen LogP contribution in [0.4, 0.5) is 0 Å². The summed E-state index contributed by atoms with van der Waals surface area (Å²) in [6.45, 7) is 4.77. The van der Waals surface area contributed by atoms with Crippen molar-refractivity contribution in [2.75, 3.05) is 6.61 Å². The molecule has 7 heteroatoms. The van der Waals surface area contributed by atoms with Crippen LogP contribution in [0.5, 0.6) is 0 Å². The Kier molecular flexibility index (Phi) is 6.10. The SMILES string of the molecule is CC(C)c1ccccc1-c1nc2c(c(=O)n(CCCO)c(=O)n2C)n1Cc1ccccc1. The van der Waals surface area contributed by atoms with E-state index in [1.807, 2.05) is 53.1 Å². The van der Waals surface area contributed by atoms with E-state index in [1.165, 1.54) is 9.13 Å². The summed E-state index contributed by atoms with van der Waals surface area (Å²) < 4.78 is 4.54. The Morgan fingerprint density at radius 1 is 0.969 bits per heavy atom. The second kappa shape index (κ2) is 8.96. The lowest BCUT2D eigenvalue weighted by molar-refractivity contribution is 0.277. The fourth-order valence-corrected chi connectivity index (χ4v) is 4.13. The van der Waals surface area contributed by atoms with E-state index in [1.54, 1.807) is 7.05 Å². The number of fused-ring (bicyclic) bond motifs is 1. The highest BCUT2D eigenvalue weighted by Gasteiger charge is 2.23. The van der Waals surface area contributed by atoms with Gasteiger partial charge in [0.25, 0.3) is 5.56 Å². The van der Waals surface area contributed by atoms with Crippen LogP contribution < -0.4 is 11.2 Å². The molecule has 0 unspecified atom stereocenters. The van der Waals surface area contributed by atoms with E-state index in [4.69, 9.17) is 4.98 Å². The fraction of sp³-hybridized carbons (Fsp3) is 0.320. The maximum Gasteiger partial charge on any atom is 0.332 e. The second-order valence-electron chi connectivity index (χ2n) is 8.30. The first-order valence-corrected chi connectivity index (χ1v) is 10.9. The number of hydrogen-bond donors (Lipinski definition) is 1. The molecule has 0 spiro atoms. The summed E-state index contributed by atoms with van der Waals surface area (Å²) >= 11 is 0. The highest BCUT2D eigenvalue weighted by Crippen LogP contribution is 2.30. The second-order valence-corrected chi connectivity index (χ2v) is 8.30. The van der Waals surface area contributed by atoms with Crippen molar-refractivity contribution in [3.05, 3.63) is 86.6 Å². The van der Waals surface area contributed by atoms with E-state index in [2.05, 4.69) is 19.9 Å². The summed E-state index contributed by atoms with van der Waals surface area (Å²) in [6.07, 6.45) is 0.330. The number of aliphatic hydroxyl groups is 1. The highest BCUT2D eigenvalue weighted by atomic mass is 16.3. The maximum absolute atomic E-state index is 13.5. The Morgan fingerprint density at radius 2 is 1.66 bits per heavy atom. The standard InChI is InChI=1S/C25H28N4O3/c1-17(2)19-12-7-8-13-20(19)22-26-23-21(29(22)16-18-10-5-4-6-11-18)24(31)28(14-9-15-30)25(32)27(23)3/h4-8,10-13,17,30H,9,14-16H2,1-3H3. The average molecular weight is 433 g/mol.